The van der Waals surface area contributed by atoms with E-state index in [0.29, 0.717) is 5.03 Å². The summed E-state index contributed by atoms with van der Waals surface area (Å²) in [6.07, 6.45) is 0.727. The molecular weight excluding hydrogens is 156 g/mol. The molecule has 11 heavy (non-hydrogen) atoms. The van der Waals surface area contributed by atoms with Crippen molar-refractivity contribution in [3.63, 3.8) is 0 Å². The smallest absolute Gasteiger partial charge is 0.0153 e. The first-order valence-electron chi connectivity index (χ1n) is 3.42. The molecule has 0 saturated heterocycles. The molecule has 0 aliphatic heterocycles. The summed E-state index contributed by atoms with van der Waals surface area (Å²) in [6.45, 7) is 7.44. The highest BCUT2D eigenvalue weighted by molar-refractivity contribution is 6.29. The summed E-state index contributed by atoms with van der Waals surface area (Å²) in [4.78, 5) is 0. The van der Waals surface area contributed by atoms with E-state index in [1.807, 2.05) is 24.3 Å². The van der Waals surface area contributed by atoms with Gasteiger partial charge < -0.3 is 0 Å². The average molecular weight is 166 g/mol. The number of rotatable bonds is 2. The summed E-state index contributed by atoms with van der Waals surface area (Å²) in [5.74, 6) is 0. The van der Waals surface area contributed by atoms with Crippen LogP contribution in [0.2, 0.25) is 0 Å². The van der Waals surface area contributed by atoms with Crippen LogP contribution in [-0.2, 0) is 6.42 Å². The van der Waals surface area contributed by atoms with Crippen LogP contribution in [0.5, 0.6) is 0 Å². The van der Waals surface area contributed by atoms with Gasteiger partial charge in [-0.05, 0) is 18.1 Å². The Labute approximate surface area is 72.5 Å². The third-order valence-corrected chi connectivity index (χ3v) is 1.52. The lowest BCUT2D eigenvalue weighted by Crippen LogP contribution is -1.83. The lowest BCUT2D eigenvalue weighted by Gasteiger charge is -1.99. The Bertz CT molecular complexity index is 263. The summed E-state index contributed by atoms with van der Waals surface area (Å²) < 4.78 is 0. The van der Waals surface area contributed by atoms with Gasteiger partial charge in [-0.3, -0.25) is 0 Å². The summed E-state index contributed by atoms with van der Waals surface area (Å²) in [5, 5.41) is 0.663. The van der Waals surface area contributed by atoms with Crippen LogP contribution in [0.25, 0.3) is 0 Å². The molecule has 0 saturated carbocycles. The van der Waals surface area contributed by atoms with Crippen molar-refractivity contribution in [1.29, 1.82) is 0 Å². The van der Waals surface area contributed by atoms with Gasteiger partial charge in [-0.1, -0.05) is 42.4 Å². The monoisotopic (exact) mass is 165 g/mol. The molecular formula is C10H10Cl. The van der Waals surface area contributed by atoms with E-state index in [1.165, 1.54) is 0 Å². The van der Waals surface area contributed by atoms with Gasteiger partial charge in [0.05, 0.1) is 0 Å². The summed E-state index contributed by atoms with van der Waals surface area (Å²) in [7, 11) is 0. The molecule has 0 bridgehead atoms. The fourth-order valence-electron chi connectivity index (χ4n) is 0.961. The van der Waals surface area contributed by atoms with E-state index in [-0.39, 0.29) is 0 Å². The predicted octanol–water partition coefficient (Wildman–Crippen LogP) is 3.16. The van der Waals surface area contributed by atoms with E-state index < -0.39 is 0 Å². The first-order valence-corrected chi connectivity index (χ1v) is 3.80. The van der Waals surface area contributed by atoms with Crippen LogP contribution in [0.1, 0.15) is 11.1 Å². The molecule has 1 radical (unpaired) electrons. The summed E-state index contributed by atoms with van der Waals surface area (Å²) >= 11 is 5.65. The van der Waals surface area contributed by atoms with Gasteiger partial charge in [0.1, 0.15) is 0 Å². The minimum atomic E-state index is 0.663. The Morgan fingerprint density at radius 2 is 2.18 bits per heavy atom. The number of allylic oxidation sites excluding steroid dienone is 1. The van der Waals surface area contributed by atoms with E-state index >= 15 is 0 Å². The Morgan fingerprint density at radius 3 is 2.73 bits per heavy atom. The zero-order valence-corrected chi connectivity index (χ0v) is 7.06. The Balaban J connectivity index is 2.79. The van der Waals surface area contributed by atoms with E-state index in [1.54, 1.807) is 0 Å². The van der Waals surface area contributed by atoms with Crippen LogP contribution in [0.4, 0.5) is 0 Å². The van der Waals surface area contributed by atoms with Crippen LogP contribution < -0.4 is 0 Å². The van der Waals surface area contributed by atoms with Crippen LogP contribution >= 0.6 is 11.6 Å². The van der Waals surface area contributed by atoms with Gasteiger partial charge in [0.2, 0.25) is 0 Å². The van der Waals surface area contributed by atoms with Crippen molar-refractivity contribution in [3.8, 4) is 0 Å². The Hall–Kier alpha value is -0.750. The van der Waals surface area contributed by atoms with Crippen molar-refractivity contribution >= 4 is 11.6 Å². The van der Waals surface area contributed by atoms with Gasteiger partial charge >= 0.3 is 0 Å². The molecule has 1 rings (SSSR count). The van der Waals surface area contributed by atoms with E-state index in [4.69, 9.17) is 11.6 Å². The summed E-state index contributed by atoms with van der Waals surface area (Å²) in [6, 6.07) is 7.95. The molecule has 0 N–H and O–H groups in total. The van der Waals surface area contributed by atoms with Crippen molar-refractivity contribution in [2.75, 3.05) is 0 Å². The maximum absolute atomic E-state index is 5.65. The molecule has 0 aliphatic rings. The molecule has 0 atom stereocenters. The highest BCUT2D eigenvalue weighted by Gasteiger charge is 1.93. The van der Waals surface area contributed by atoms with Crippen LogP contribution in [0, 0.1) is 6.92 Å². The number of halogens is 1. The molecule has 0 nitrogen and oxygen atoms in total. The highest BCUT2D eigenvalue weighted by atomic mass is 35.5. The van der Waals surface area contributed by atoms with Crippen molar-refractivity contribution in [3.05, 3.63) is 53.9 Å². The van der Waals surface area contributed by atoms with Gasteiger partial charge in [-0.15, -0.1) is 0 Å². The van der Waals surface area contributed by atoms with Gasteiger partial charge in [-0.25, -0.2) is 0 Å². The molecule has 0 aromatic heterocycles. The third-order valence-electron chi connectivity index (χ3n) is 1.39. The normalized spacial score (nSPS) is 9.64. The second-order valence-corrected chi connectivity index (χ2v) is 3.05. The molecule has 0 spiro atoms. The molecule has 1 aromatic rings. The molecule has 0 amide bonds. The largest absolute Gasteiger partial charge is 0.0894 e. The van der Waals surface area contributed by atoms with Crippen molar-refractivity contribution < 1.29 is 0 Å². The average Bonchev–Trinajstić information content (AvgIpc) is 1.85. The molecule has 1 aromatic carbocycles. The Morgan fingerprint density at radius 1 is 1.45 bits per heavy atom. The lowest BCUT2D eigenvalue weighted by molar-refractivity contribution is 1.24. The van der Waals surface area contributed by atoms with Gasteiger partial charge in [-0.2, -0.15) is 0 Å². The van der Waals surface area contributed by atoms with Crippen LogP contribution in [0.15, 0.2) is 35.9 Å². The maximum Gasteiger partial charge on any atom is 0.0153 e. The second-order valence-electron chi connectivity index (χ2n) is 2.51. The van der Waals surface area contributed by atoms with E-state index in [0.717, 1.165) is 17.5 Å². The molecule has 0 aliphatic carbocycles. The van der Waals surface area contributed by atoms with Crippen molar-refractivity contribution in [2.45, 2.75) is 6.42 Å². The van der Waals surface area contributed by atoms with Gasteiger partial charge in [0, 0.05) is 11.5 Å². The molecule has 57 valence electrons. The first-order chi connectivity index (χ1) is 5.18. The molecule has 1 heteroatoms. The third kappa shape index (κ3) is 2.77. The number of hydrogen-bond acceptors (Lipinski definition) is 0. The topological polar surface area (TPSA) is 0 Å². The fourth-order valence-corrected chi connectivity index (χ4v) is 1.12. The maximum atomic E-state index is 5.65. The SMILES string of the molecule is [CH2]c1cccc(CC(=C)Cl)c1. The zero-order valence-electron chi connectivity index (χ0n) is 6.31. The van der Waals surface area contributed by atoms with Gasteiger partial charge in [0.15, 0.2) is 0 Å². The zero-order chi connectivity index (χ0) is 8.27. The van der Waals surface area contributed by atoms with Gasteiger partial charge in [0.25, 0.3) is 0 Å². The predicted molar refractivity (Wildman–Crippen MR) is 49.6 cm³/mol. The number of benzene rings is 1. The minimum Gasteiger partial charge on any atom is -0.0894 e. The Kier molecular flexibility index (Phi) is 2.72. The van der Waals surface area contributed by atoms with E-state index in [2.05, 4.69) is 13.5 Å². The minimum absolute atomic E-state index is 0.663. The fraction of sp³-hybridized carbons (Fsp3) is 0.100. The standard InChI is InChI=1S/C10H10Cl/c1-8-4-3-5-10(6-8)7-9(2)11/h3-6H,1-2,7H2. The van der Waals surface area contributed by atoms with Crippen LogP contribution in [-0.4, -0.2) is 0 Å². The van der Waals surface area contributed by atoms with E-state index in [9.17, 15) is 0 Å². The first kappa shape index (κ1) is 8.35. The quantitative estimate of drug-likeness (QED) is 0.632. The highest BCUT2D eigenvalue weighted by Crippen LogP contribution is 2.10. The molecule has 0 fully saturated rings. The van der Waals surface area contributed by atoms with Crippen LogP contribution in [0.3, 0.4) is 0 Å². The molecule has 0 unspecified atom stereocenters. The van der Waals surface area contributed by atoms with Crippen molar-refractivity contribution in [1.82, 2.24) is 0 Å². The molecule has 0 heterocycles. The summed E-state index contributed by atoms with van der Waals surface area (Å²) in [5.41, 5.74) is 2.18. The van der Waals surface area contributed by atoms with Crippen molar-refractivity contribution in [2.24, 2.45) is 0 Å². The number of hydrogen-bond donors (Lipinski definition) is 0. The lowest BCUT2D eigenvalue weighted by atomic mass is 10.1. The second kappa shape index (κ2) is 3.59.